The van der Waals surface area contributed by atoms with Gasteiger partial charge in [0.15, 0.2) is 0 Å². The molecule has 2 aromatic rings. The Balaban J connectivity index is 1.60. The van der Waals surface area contributed by atoms with Crippen LogP contribution < -0.4 is 10.2 Å². The molecule has 0 unspecified atom stereocenters. The van der Waals surface area contributed by atoms with E-state index in [0.717, 1.165) is 25.7 Å². The van der Waals surface area contributed by atoms with Gasteiger partial charge >= 0.3 is 0 Å². The molecule has 1 N–H and O–H groups in total. The zero-order valence-corrected chi connectivity index (χ0v) is 22.6. The largest absolute Gasteiger partial charge is 0.323 e. The third-order valence-electron chi connectivity index (χ3n) is 6.43. The summed E-state index contributed by atoms with van der Waals surface area (Å²) < 4.78 is 0.470. The Bertz CT molecular complexity index is 1250. The van der Waals surface area contributed by atoms with Crippen LogP contribution >= 0.6 is 35.6 Å². The van der Waals surface area contributed by atoms with Gasteiger partial charge in [0.05, 0.1) is 26.9 Å². The molecule has 2 aliphatic heterocycles. The maximum atomic E-state index is 13.6. The van der Waals surface area contributed by atoms with Gasteiger partial charge in [-0.15, -0.1) is 0 Å². The summed E-state index contributed by atoms with van der Waals surface area (Å²) in [7, 11) is 0. The summed E-state index contributed by atoms with van der Waals surface area (Å²) in [4.78, 5) is 43.3. The summed E-state index contributed by atoms with van der Waals surface area (Å²) in [6.45, 7) is 4.62. The lowest BCUT2D eigenvalue weighted by Gasteiger charge is -2.21. The molecule has 4 rings (SSSR count). The number of halogens is 1. The lowest BCUT2D eigenvalue weighted by molar-refractivity contribution is -0.123. The van der Waals surface area contributed by atoms with E-state index >= 15 is 0 Å². The minimum atomic E-state index is -0.387. The van der Waals surface area contributed by atoms with Crippen molar-refractivity contribution in [1.82, 2.24) is 4.90 Å². The van der Waals surface area contributed by atoms with Crippen molar-refractivity contribution in [3.05, 3.63) is 64.0 Å². The molecule has 36 heavy (non-hydrogen) atoms. The molecule has 6 nitrogen and oxygen atoms in total. The maximum absolute atomic E-state index is 13.6. The molecule has 2 aliphatic rings. The van der Waals surface area contributed by atoms with Crippen LogP contribution in [0.15, 0.2) is 53.4 Å². The molecule has 9 heteroatoms. The molecule has 0 bridgehead atoms. The van der Waals surface area contributed by atoms with Crippen LogP contribution in [0.3, 0.4) is 0 Å². The number of unbranched alkanes of at least 4 members (excludes halogenated alkanes) is 1. The van der Waals surface area contributed by atoms with Gasteiger partial charge in [-0.1, -0.05) is 99.0 Å². The van der Waals surface area contributed by atoms with Crippen molar-refractivity contribution in [2.45, 2.75) is 39.5 Å². The summed E-state index contributed by atoms with van der Waals surface area (Å²) in [5, 5.41) is 3.17. The number of nitrogens with one attached hydrogen (secondary N) is 1. The Morgan fingerprint density at radius 2 is 1.78 bits per heavy atom. The SMILES string of the molecule is CCCC[C@H](CC)CN1C(=O)/C(=C2/C(=O)N(CC(=O)Nc3ccccc3Cl)c3ccccc32)SC1=S. The number of thiocarbonyl (C=S) groups is 1. The topological polar surface area (TPSA) is 69.7 Å². The average molecular weight is 542 g/mol. The fourth-order valence-corrected chi connectivity index (χ4v) is 5.96. The van der Waals surface area contributed by atoms with Gasteiger partial charge in [0.25, 0.3) is 11.8 Å². The molecule has 3 amide bonds. The predicted octanol–water partition coefficient (Wildman–Crippen LogP) is 6.11. The van der Waals surface area contributed by atoms with Crippen LogP contribution in [0.1, 0.15) is 45.1 Å². The molecule has 1 fully saturated rings. The first-order valence-corrected chi connectivity index (χ1v) is 13.7. The highest BCUT2D eigenvalue weighted by atomic mass is 35.5. The summed E-state index contributed by atoms with van der Waals surface area (Å²) in [5.74, 6) is -0.653. The van der Waals surface area contributed by atoms with E-state index in [9.17, 15) is 14.4 Å². The highest BCUT2D eigenvalue weighted by Crippen LogP contribution is 2.44. The van der Waals surface area contributed by atoms with Gasteiger partial charge in [-0.2, -0.15) is 0 Å². The van der Waals surface area contributed by atoms with Gasteiger partial charge in [0.1, 0.15) is 10.9 Å². The quantitative estimate of drug-likeness (QED) is 0.306. The van der Waals surface area contributed by atoms with E-state index in [1.807, 2.05) is 6.07 Å². The van der Waals surface area contributed by atoms with Crippen molar-refractivity contribution in [1.29, 1.82) is 0 Å². The maximum Gasteiger partial charge on any atom is 0.267 e. The fourth-order valence-electron chi connectivity index (χ4n) is 4.43. The van der Waals surface area contributed by atoms with Crippen LogP contribution in [0.4, 0.5) is 11.4 Å². The van der Waals surface area contributed by atoms with Crippen LogP contribution in [0, 0.1) is 5.92 Å². The number of hydrogen-bond donors (Lipinski definition) is 1. The van der Waals surface area contributed by atoms with Gasteiger partial charge in [0.2, 0.25) is 5.91 Å². The van der Waals surface area contributed by atoms with Crippen molar-refractivity contribution in [3.63, 3.8) is 0 Å². The van der Waals surface area contributed by atoms with Gasteiger partial charge < -0.3 is 5.32 Å². The van der Waals surface area contributed by atoms with Crippen LogP contribution in [0.2, 0.25) is 5.02 Å². The summed E-state index contributed by atoms with van der Waals surface area (Å²) in [5.41, 5.74) is 1.99. The van der Waals surface area contributed by atoms with Crippen LogP contribution in [-0.4, -0.2) is 40.0 Å². The zero-order valence-electron chi connectivity index (χ0n) is 20.3. The lowest BCUT2D eigenvalue weighted by Crippen LogP contribution is -2.36. The second-order valence-corrected chi connectivity index (χ2v) is 10.9. The highest BCUT2D eigenvalue weighted by Gasteiger charge is 2.42. The van der Waals surface area contributed by atoms with E-state index < -0.39 is 0 Å². The smallest absolute Gasteiger partial charge is 0.267 e. The van der Waals surface area contributed by atoms with E-state index in [4.69, 9.17) is 23.8 Å². The van der Waals surface area contributed by atoms with E-state index in [1.54, 1.807) is 47.4 Å². The minimum Gasteiger partial charge on any atom is -0.323 e. The van der Waals surface area contributed by atoms with Gasteiger partial charge in [-0.3, -0.25) is 24.2 Å². The number of rotatable bonds is 9. The molecular weight excluding hydrogens is 514 g/mol. The number of anilines is 2. The first kappa shape index (κ1) is 26.4. The standard InChI is InChI=1S/C27H28ClN3O3S2/c1-3-5-10-17(4-2)15-31-26(34)24(36-27(31)35)23-18-11-6-9-14-21(18)30(25(23)33)16-22(32)29-20-13-8-7-12-19(20)28/h6-9,11-14,17H,3-5,10,15-16H2,1-2H3,(H,29,32)/b24-23-/t17-/m0/s1. The number of amides is 3. The Labute approximate surface area is 226 Å². The number of carbonyl (C=O) groups is 3. The lowest BCUT2D eigenvalue weighted by atomic mass is 9.98. The molecule has 2 aromatic carbocycles. The van der Waals surface area contributed by atoms with Crippen LogP contribution in [0.5, 0.6) is 0 Å². The van der Waals surface area contributed by atoms with E-state index in [0.29, 0.717) is 49.2 Å². The molecule has 188 valence electrons. The monoisotopic (exact) mass is 541 g/mol. The van der Waals surface area contributed by atoms with Crippen molar-refractivity contribution < 1.29 is 14.4 Å². The Hall–Kier alpha value is -2.68. The number of thioether (sulfide) groups is 1. The minimum absolute atomic E-state index is 0.209. The van der Waals surface area contributed by atoms with Crippen LogP contribution in [-0.2, 0) is 14.4 Å². The highest BCUT2D eigenvalue weighted by molar-refractivity contribution is 8.26. The predicted molar refractivity (Wildman–Crippen MR) is 151 cm³/mol. The second-order valence-electron chi connectivity index (χ2n) is 8.84. The average Bonchev–Trinajstić information content (AvgIpc) is 3.30. The van der Waals surface area contributed by atoms with E-state index in [-0.39, 0.29) is 24.3 Å². The van der Waals surface area contributed by atoms with Gasteiger partial charge in [0, 0.05) is 12.1 Å². The fraction of sp³-hybridized carbons (Fsp3) is 0.333. The number of nitrogens with zero attached hydrogens (tertiary/aromatic N) is 2. The Morgan fingerprint density at radius 3 is 2.50 bits per heavy atom. The molecule has 0 spiro atoms. The summed E-state index contributed by atoms with van der Waals surface area (Å²) in [6, 6.07) is 14.1. The molecule has 1 atom stereocenters. The third-order valence-corrected chi connectivity index (χ3v) is 8.21. The Morgan fingerprint density at radius 1 is 1.06 bits per heavy atom. The number of para-hydroxylation sites is 2. The number of fused-ring (bicyclic) bond motifs is 1. The molecule has 0 aliphatic carbocycles. The summed E-state index contributed by atoms with van der Waals surface area (Å²) in [6.07, 6.45) is 4.20. The van der Waals surface area contributed by atoms with Crippen molar-refractivity contribution in [2.75, 3.05) is 23.3 Å². The first-order valence-electron chi connectivity index (χ1n) is 12.1. The number of hydrogen-bond acceptors (Lipinski definition) is 5. The number of benzene rings is 2. The number of carbonyl (C=O) groups excluding carboxylic acids is 3. The van der Waals surface area contributed by atoms with Gasteiger partial charge in [-0.25, -0.2) is 0 Å². The third kappa shape index (κ3) is 5.36. The van der Waals surface area contributed by atoms with Crippen molar-refractivity contribution in [2.24, 2.45) is 5.92 Å². The van der Waals surface area contributed by atoms with Crippen molar-refractivity contribution >= 4 is 74.6 Å². The molecule has 2 heterocycles. The first-order chi connectivity index (χ1) is 17.3. The molecule has 0 saturated carbocycles. The molecular formula is C27H28ClN3O3S2. The Kier molecular flexibility index (Phi) is 8.49. The molecule has 1 saturated heterocycles. The zero-order chi connectivity index (χ0) is 25.8. The normalized spacial score (nSPS) is 18.1. The second kappa shape index (κ2) is 11.6. The summed E-state index contributed by atoms with van der Waals surface area (Å²) >= 11 is 12.9. The van der Waals surface area contributed by atoms with Gasteiger partial charge in [-0.05, 0) is 30.5 Å². The molecule has 0 radical (unpaired) electrons. The van der Waals surface area contributed by atoms with Crippen LogP contribution in [0.25, 0.3) is 5.57 Å². The van der Waals surface area contributed by atoms with E-state index in [2.05, 4.69) is 19.2 Å². The molecule has 0 aromatic heterocycles. The van der Waals surface area contributed by atoms with E-state index in [1.165, 1.54) is 16.7 Å². The van der Waals surface area contributed by atoms with Crippen molar-refractivity contribution in [3.8, 4) is 0 Å².